The van der Waals surface area contributed by atoms with E-state index in [1.807, 2.05) is 0 Å². The smallest absolute Gasteiger partial charge is 0.406 e. The van der Waals surface area contributed by atoms with Crippen LogP contribution < -0.4 is 16.5 Å². The summed E-state index contributed by atoms with van der Waals surface area (Å²) in [5, 5.41) is 23.0. The van der Waals surface area contributed by atoms with Crippen LogP contribution in [0.2, 0.25) is 0 Å². The predicted molar refractivity (Wildman–Crippen MR) is 106 cm³/mol. The molecule has 2 aliphatic heterocycles. The fourth-order valence-electron chi connectivity index (χ4n) is 3.59. The van der Waals surface area contributed by atoms with E-state index in [0.29, 0.717) is 19.4 Å². The van der Waals surface area contributed by atoms with E-state index in [9.17, 15) is 24.4 Å². The molecule has 174 valence electrons. The minimum atomic E-state index is -4.09. The van der Waals surface area contributed by atoms with Gasteiger partial charge in [-0.15, -0.1) is 0 Å². The molecular weight excluding hydrogens is 435 g/mol. The van der Waals surface area contributed by atoms with Crippen molar-refractivity contribution in [2.24, 2.45) is 0 Å². The van der Waals surface area contributed by atoms with Crippen molar-refractivity contribution < 1.29 is 38.1 Å². The quantitative estimate of drug-likeness (QED) is 0.282. The van der Waals surface area contributed by atoms with Gasteiger partial charge in [0.05, 0.1) is 6.61 Å². The van der Waals surface area contributed by atoms with Gasteiger partial charge in [0, 0.05) is 19.9 Å². The Morgan fingerprint density at radius 2 is 2.29 bits per heavy atom. The highest BCUT2D eigenvalue weighted by atomic mass is 31.2. The molecule has 1 aromatic rings. The van der Waals surface area contributed by atoms with Crippen LogP contribution in [0.1, 0.15) is 32.4 Å². The highest BCUT2D eigenvalue weighted by molar-refractivity contribution is 7.51. The van der Waals surface area contributed by atoms with Crippen LogP contribution in [-0.2, 0) is 27.9 Å². The maximum atomic E-state index is 13.1. The number of nitrogens with zero attached hydrogens (tertiary/aromatic N) is 2. The topological polar surface area (TPSA) is 184 Å². The number of anilines is 1. The van der Waals surface area contributed by atoms with Crippen LogP contribution in [0.25, 0.3) is 0 Å². The fraction of sp³-hybridized carbons (Fsp3) is 0.706. The van der Waals surface area contributed by atoms with Gasteiger partial charge in [0.1, 0.15) is 29.7 Å². The van der Waals surface area contributed by atoms with Gasteiger partial charge in [-0.05, 0) is 32.3 Å². The Morgan fingerprint density at radius 1 is 1.55 bits per heavy atom. The van der Waals surface area contributed by atoms with Gasteiger partial charge >= 0.3 is 19.4 Å². The second-order valence-electron chi connectivity index (χ2n) is 7.62. The molecule has 0 radical (unpaired) electrons. The van der Waals surface area contributed by atoms with Gasteiger partial charge in [0.25, 0.3) is 0 Å². The molecule has 1 aromatic heterocycles. The number of rotatable bonds is 9. The molecule has 0 bridgehead atoms. The van der Waals surface area contributed by atoms with E-state index in [0.717, 1.165) is 4.57 Å². The lowest BCUT2D eigenvalue weighted by molar-refractivity contribution is -0.139. The lowest BCUT2D eigenvalue weighted by Crippen LogP contribution is -2.50. The van der Waals surface area contributed by atoms with Crippen LogP contribution >= 0.6 is 7.75 Å². The first kappa shape index (κ1) is 23.8. The van der Waals surface area contributed by atoms with E-state index in [2.05, 4.69) is 10.1 Å². The Labute approximate surface area is 178 Å². The zero-order valence-corrected chi connectivity index (χ0v) is 18.1. The van der Waals surface area contributed by atoms with Crippen molar-refractivity contribution in [1.82, 2.24) is 14.6 Å². The summed E-state index contributed by atoms with van der Waals surface area (Å²) < 4.78 is 35.7. The third kappa shape index (κ3) is 5.14. The molecule has 0 amide bonds. The number of hydrogen-bond donors (Lipinski definition) is 4. The van der Waals surface area contributed by atoms with E-state index in [1.54, 1.807) is 7.11 Å². The Morgan fingerprint density at radius 3 is 2.94 bits per heavy atom. The Hall–Kier alpha value is -1.86. The van der Waals surface area contributed by atoms with Gasteiger partial charge in [0.15, 0.2) is 6.23 Å². The summed E-state index contributed by atoms with van der Waals surface area (Å²) in [6.45, 7) is 1.59. The lowest BCUT2D eigenvalue weighted by Gasteiger charge is -2.36. The summed E-state index contributed by atoms with van der Waals surface area (Å²) in [4.78, 5) is 27.4. The van der Waals surface area contributed by atoms with E-state index in [-0.39, 0.29) is 18.8 Å². The van der Waals surface area contributed by atoms with Gasteiger partial charge in [0.2, 0.25) is 0 Å². The first-order chi connectivity index (χ1) is 14.6. The monoisotopic (exact) mass is 462 g/mol. The first-order valence-corrected chi connectivity index (χ1v) is 11.3. The van der Waals surface area contributed by atoms with Crippen molar-refractivity contribution >= 4 is 19.5 Å². The van der Waals surface area contributed by atoms with Gasteiger partial charge in [-0.25, -0.2) is 14.4 Å². The van der Waals surface area contributed by atoms with Crippen LogP contribution in [0.4, 0.5) is 5.82 Å². The maximum Gasteiger partial charge on any atom is 0.406 e. The highest BCUT2D eigenvalue weighted by Gasteiger charge is 2.60. The number of carboxylic acids is 1. The standard InChI is InChI=1S/C17H27N4O9P/c1-17(25)13-11(29-15(17)21-7-6-12(18)19-16(21)24)9-28-31(26,30-13)20-10(14(22)23)5-3-4-8-27-2/h6-7,10-11,13,15,25H,3-5,8-9H2,1-2H3,(H,20,26)(H,22,23)(H2,18,19,24)/t10-,11+,13+,15+,17+,31?/m0/s1. The number of fused-ring (bicyclic) bond motifs is 1. The number of carbonyl (C=O) groups is 1. The summed E-state index contributed by atoms with van der Waals surface area (Å²) in [6, 6.07) is 0.180. The SMILES string of the molecule is COCCCC[C@H](NP1(=O)OC[C@H]2O[C@@H](n3ccc(N)nc3=O)[C@](C)(O)[C@@H]2O1)C(=O)O. The van der Waals surface area contributed by atoms with Crippen LogP contribution in [0.3, 0.4) is 0 Å². The maximum absolute atomic E-state index is 13.1. The number of unbranched alkanes of at least 4 members (excludes halogenated alkanes) is 1. The Kier molecular flexibility index (Phi) is 7.16. The summed E-state index contributed by atoms with van der Waals surface area (Å²) >= 11 is 0. The second kappa shape index (κ2) is 9.33. The number of nitrogens with one attached hydrogen (secondary N) is 1. The van der Waals surface area contributed by atoms with E-state index in [4.69, 9.17) is 24.3 Å². The molecule has 31 heavy (non-hydrogen) atoms. The third-order valence-corrected chi connectivity index (χ3v) is 6.81. The number of aromatic nitrogens is 2. The third-order valence-electron chi connectivity index (χ3n) is 5.19. The van der Waals surface area contributed by atoms with E-state index in [1.165, 1.54) is 19.2 Å². The fourth-order valence-corrected chi connectivity index (χ4v) is 5.40. The van der Waals surface area contributed by atoms with Gasteiger partial charge < -0.3 is 25.4 Å². The molecule has 1 unspecified atom stereocenters. The number of ether oxygens (including phenoxy) is 2. The highest BCUT2D eigenvalue weighted by Crippen LogP contribution is 2.55. The minimum Gasteiger partial charge on any atom is -0.480 e. The molecule has 0 aliphatic carbocycles. The predicted octanol–water partition coefficient (Wildman–Crippen LogP) is -0.143. The zero-order valence-electron chi connectivity index (χ0n) is 17.2. The minimum absolute atomic E-state index is 0.00908. The molecular formula is C17H27N4O9P. The Balaban J connectivity index is 1.74. The number of carboxylic acid groups (broad SMARTS) is 1. The molecule has 0 aromatic carbocycles. The number of aliphatic carboxylic acids is 1. The normalized spacial score (nSPS) is 33.7. The average Bonchev–Trinajstić information content (AvgIpc) is 2.94. The number of aliphatic hydroxyl groups is 1. The van der Waals surface area contributed by atoms with Gasteiger partial charge in [-0.3, -0.25) is 18.4 Å². The van der Waals surface area contributed by atoms with Gasteiger partial charge in [-0.2, -0.15) is 4.98 Å². The second-order valence-corrected chi connectivity index (χ2v) is 9.34. The van der Waals surface area contributed by atoms with Crippen LogP contribution in [0, 0.1) is 0 Å². The molecule has 2 saturated heterocycles. The number of nitrogens with two attached hydrogens (primary N) is 1. The molecule has 0 spiro atoms. The summed E-state index contributed by atoms with van der Waals surface area (Å²) in [7, 11) is -2.55. The Bertz CT molecular complexity index is 908. The van der Waals surface area contributed by atoms with Crippen molar-refractivity contribution in [2.75, 3.05) is 26.1 Å². The van der Waals surface area contributed by atoms with Crippen LogP contribution in [0.5, 0.6) is 0 Å². The summed E-state index contributed by atoms with van der Waals surface area (Å²) in [6.07, 6.45) is -0.573. The molecule has 6 atom stereocenters. The number of hydrogen-bond acceptors (Lipinski definition) is 10. The van der Waals surface area contributed by atoms with Gasteiger partial charge in [-0.1, -0.05) is 0 Å². The molecule has 14 heteroatoms. The number of methoxy groups -OCH3 is 1. The van der Waals surface area contributed by atoms with E-state index >= 15 is 0 Å². The average molecular weight is 462 g/mol. The zero-order chi connectivity index (χ0) is 22.8. The van der Waals surface area contributed by atoms with Crippen molar-refractivity contribution in [3.05, 3.63) is 22.7 Å². The molecule has 2 aliphatic rings. The lowest BCUT2D eigenvalue weighted by atomic mass is 9.96. The molecule has 0 saturated carbocycles. The summed E-state index contributed by atoms with van der Waals surface area (Å²) in [5.41, 5.74) is 2.95. The van der Waals surface area contributed by atoms with Crippen molar-refractivity contribution in [3.8, 4) is 0 Å². The summed E-state index contributed by atoms with van der Waals surface area (Å²) in [5.74, 6) is -1.21. The molecule has 3 rings (SSSR count). The van der Waals surface area contributed by atoms with Crippen molar-refractivity contribution in [1.29, 1.82) is 0 Å². The number of nitrogen functional groups attached to an aromatic ring is 1. The molecule has 13 nitrogen and oxygen atoms in total. The molecule has 3 heterocycles. The molecule has 5 N–H and O–H groups in total. The van der Waals surface area contributed by atoms with Crippen molar-refractivity contribution in [2.45, 2.75) is 56.3 Å². The van der Waals surface area contributed by atoms with Crippen LogP contribution in [-0.4, -0.2) is 69.9 Å². The molecule has 2 fully saturated rings. The van der Waals surface area contributed by atoms with Crippen molar-refractivity contribution in [3.63, 3.8) is 0 Å². The van der Waals surface area contributed by atoms with Crippen LogP contribution in [0.15, 0.2) is 17.1 Å². The first-order valence-electron chi connectivity index (χ1n) is 9.72. The largest absolute Gasteiger partial charge is 0.480 e. The van der Waals surface area contributed by atoms with E-state index < -0.39 is 49.5 Å².